The fraction of sp³-hybridized carbons (Fsp3) is 0.269. The summed E-state index contributed by atoms with van der Waals surface area (Å²) < 4.78 is 16.5. The average Bonchev–Trinajstić information content (AvgIpc) is 3.13. The first kappa shape index (κ1) is 20.8. The van der Waals surface area contributed by atoms with Crippen LogP contribution in [0.25, 0.3) is 11.1 Å². The van der Waals surface area contributed by atoms with Crippen LogP contribution in [0.5, 0.6) is 17.2 Å². The second-order valence-electron chi connectivity index (χ2n) is 7.93. The highest BCUT2D eigenvalue weighted by molar-refractivity contribution is 5.72. The van der Waals surface area contributed by atoms with Crippen molar-refractivity contribution in [3.8, 4) is 28.4 Å². The van der Waals surface area contributed by atoms with Crippen molar-refractivity contribution in [1.29, 1.82) is 0 Å². The number of phenols is 1. The number of ether oxygens (including phenoxy) is 3. The van der Waals surface area contributed by atoms with Crippen molar-refractivity contribution in [2.75, 3.05) is 13.7 Å². The molecule has 31 heavy (non-hydrogen) atoms. The molecule has 1 aliphatic rings. The normalized spacial score (nSPS) is 14.6. The SMILES string of the molecule is COC(=O)CC1COc2cc(OCc3cccc(-c4c(C)cc(O)cc4C)c3)ccc21. The maximum absolute atomic E-state index is 11.6. The van der Waals surface area contributed by atoms with Gasteiger partial charge in [0.2, 0.25) is 0 Å². The molecule has 1 aliphatic heterocycles. The van der Waals surface area contributed by atoms with Gasteiger partial charge in [0, 0.05) is 17.5 Å². The van der Waals surface area contributed by atoms with E-state index in [4.69, 9.17) is 14.2 Å². The number of phenolic OH excluding ortho intramolecular Hbond substituents is 1. The molecule has 0 radical (unpaired) electrons. The zero-order valence-electron chi connectivity index (χ0n) is 18.0. The Bertz CT molecular complexity index is 1100. The third-order valence-corrected chi connectivity index (χ3v) is 5.64. The minimum Gasteiger partial charge on any atom is -0.508 e. The van der Waals surface area contributed by atoms with E-state index in [1.807, 2.05) is 44.2 Å². The molecule has 5 nitrogen and oxygen atoms in total. The van der Waals surface area contributed by atoms with Crippen LogP contribution >= 0.6 is 0 Å². The molecule has 0 aromatic heterocycles. The van der Waals surface area contributed by atoms with Crippen LogP contribution in [0.4, 0.5) is 0 Å². The van der Waals surface area contributed by atoms with Crippen LogP contribution in [0.2, 0.25) is 0 Å². The molecule has 160 valence electrons. The van der Waals surface area contributed by atoms with Crippen molar-refractivity contribution in [3.63, 3.8) is 0 Å². The lowest BCUT2D eigenvalue weighted by atomic mass is 9.94. The standard InChI is InChI=1S/C26H26O5/c1-16-9-21(27)10-17(2)26(16)19-6-4-5-18(11-19)14-30-22-7-8-23-20(12-25(28)29-3)15-31-24(23)13-22/h4-11,13,20,27H,12,14-15H2,1-3H3. The van der Waals surface area contributed by atoms with Crippen LogP contribution in [0.1, 0.15) is 34.6 Å². The Morgan fingerprint density at radius 1 is 1.10 bits per heavy atom. The van der Waals surface area contributed by atoms with Gasteiger partial charge in [0.15, 0.2) is 0 Å². The largest absolute Gasteiger partial charge is 0.508 e. The molecule has 1 heterocycles. The van der Waals surface area contributed by atoms with E-state index in [0.29, 0.717) is 19.6 Å². The molecule has 0 saturated heterocycles. The van der Waals surface area contributed by atoms with E-state index in [1.54, 1.807) is 12.1 Å². The van der Waals surface area contributed by atoms with E-state index >= 15 is 0 Å². The highest BCUT2D eigenvalue weighted by Crippen LogP contribution is 2.38. The highest BCUT2D eigenvalue weighted by Gasteiger charge is 2.27. The van der Waals surface area contributed by atoms with Gasteiger partial charge in [-0.2, -0.15) is 0 Å². The van der Waals surface area contributed by atoms with Crippen molar-refractivity contribution in [2.45, 2.75) is 32.8 Å². The van der Waals surface area contributed by atoms with Crippen LogP contribution in [0.3, 0.4) is 0 Å². The predicted molar refractivity (Wildman–Crippen MR) is 119 cm³/mol. The fourth-order valence-electron chi connectivity index (χ4n) is 4.18. The van der Waals surface area contributed by atoms with Gasteiger partial charge in [0.05, 0.1) is 20.1 Å². The van der Waals surface area contributed by atoms with E-state index in [-0.39, 0.29) is 17.6 Å². The Labute approximate surface area is 182 Å². The number of carbonyl (C=O) groups excluding carboxylic acids is 1. The molecule has 4 rings (SSSR count). The lowest BCUT2D eigenvalue weighted by Gasteiger charge is -2.13. The Morgan fingerprint density at radius 3 is 2.61 bits per heavy atom. The first-order chi connectivity index (χ1) is 14.9. The first-order valence-electron chi connectivity index (χ1n) is 10.3. The van der Waals surface area contributed by atoms with E-state index < -0.39 is 0 Å². The molecular formula is C26H26O5. The van der Waals surface area contributed by atoms with Crippen LogP contribution < -0.4 is 9.47 Å². The monoisotopic (exact) mass is 418 g/mol. The van der Waals surface area contributed by atoms with Gasteiger partial charge in [-0.05, 0) is 65.9 Å². The molecular weight excluding hydrogens is 392 g/mol. The third kappa shape index (κ3) is 4.50. The summed E-state index contributed by atoms with van der Waals surface area (Å²) in [5.74, 6) is 1.55. The zero-order chi connectivity index (χ0) is 22.0. The summed E-state index contributed by atoms with van der Waals surface area (Å²) in [6, 6.07) is 17.6. The van der Waals surface area contributed by atoms with E-state index in [2.05, 4.69) is 12.1 Å². The number of carbonyl (C=O) groups is 1. The molecule has 1 N–H and O–H groups in total. The molecule has 0 spiro atoms. The number of hydrogen-bond acceptors (Lipinski definition) is 5. The Balaban J connectivity index is 1.47. The summed E-state index contributed by atoms with van der Waals surface area (Å²) in [5, 5.41) is 9.82. The van der Waals surface area contributed by atoms with Crippen molar-refractivity contribution in [3.05, 3.63) is 76.9 Å². The molecule has 1 unspecified atom stereocenters. The van der Waals surface area contributed by atoms with E-state index in [0.717, 1.165) is 44.9 Å². The molecule has 3 aromatic carbocycles. The molecule has 0 bridgehead atoms. The van der Waals surface area contributed by atoms with Gasteiger partial charge >= 0.3 is 5.97 Å². The Kier molecular flexibility index (Phi) is 5.85. The number of hydrogen-bond donors (Lipinski definition) is 1. The summed E-state index contributed by atoms with van der Waals surface area (Å²) in [5.41, 5.74) is 6.36. The summed E-state index contributed by atoms with van der Waals surface area (Å²) in [6.45, 7) is 4.90. The van der Waals surface area contributed by atoms with Gasteiger partial charge in [0.1, 0.15) is 23.9 Å². The van der Waals surface area contributed by atoms with E-state index in [1.165, 1.54) is 7.11 Å². The maximum atomic E-state index is 11.6. The smallest absolute Gasteiger partial charge is 0.306 e. The number of methoxy groups -OCH3 is 1. The molecule has 0 saturated carbocycles. The quantitative estimate of drug-likeness (QED) is 0.551. The van der Waals surface area contributed by atoms with Crippen molar-refractivity contribution < 1.29 is 24.1 Å². The Hall–Kier alpha value is -3.47. The third-order valence-electron chi connectivity index (χ3n) is 5.64. The van der Waals surface area contributed by atoms with Crippen LogP contribution in [0, 0.1) is 13.8 Å². The summed E-state index contributed by atoms with van der Waals surface area (Å²) in [4.78, 5) is 11.6. The number of esters is 1. The van der Waals surface area contributed by atoms with Gasteiger partial charge in [0.25, 0.3) is 0 Å². The summed E-state index contributed by atoms with van der Waals surface area (Å²) in [7, 11) is 1.40. The van der Waals surface area contributed by atoms with Gasteiger partial charge in [-0.15, -0.1) is 0 Å². The summed E-state index contributed by atoms with van der Waals surface area (Å²) in [6.07, 6.45) is 0.312. The second-order valence-corrected chi connectivity index (χ2v) is 7.93. The maximum Gasteiger partial charge on any atom is 0.306 e. The summed E-state index contributed by atoms with van der Waals surface area (Å²) >= 11 is 0. The lowest BCUT2D eigenvalue weighted by Crippen LogP contribution is -2.09. The fourth-order valence-corrected chi connectivity index (χ4v) is 4.18. The van der Waals surface area contributed by atoms with Crippen molar-refractivity contribution in [1.82, 2.24) is 0 Å². The van der Waals surface area contributed by atoms with Crippen LogP contribution in [-0.4, -0.2) is 24.8 Å². The molecule has 1 atom stereocenters. The van der Waals surface area contributed by atoms with E-state index in [9.17, 15) is 9.90 Å². The van der Waals surface area contributed by atoms with Crippen LogP contribution in [-0.2, 0) is 16.1 Å². The number of fused-ring (bicyclic) bond motifs is 1. The molecule has 0 amide bonds. The number of benzene rings is 3. The number of aromatic hydroxyl groups is 1. The minimum atomic E-state index is -0.235. The molecule has 0 aliphatic carbocycles. The number of aryl methyl sites for hydroxylation is 2. The van der Waals surface area contributed by atoms with Gasteiger partial charge in [-0.3, -0.25) is 4.79 Å². The predicted octanol–water partition coefficient (Wildman–Crippen LogP) is 5.29. The zero-order valence-corrected chi connectivity index (χ0v) is 18.0. The minimum absolute atomic E-state index is 0.0185. The second kappa shape index (κ2) is 8.72. The van der Waals surface area contributed by atoms with Crippen LogP contribution in [0.15, 0.2) is 54.6 Å². The van der Waals surface area contributed by atoms with Gasteiger partial charge in [-0.1, -0.05) is 24.3 Å². The first-order valence-corrected chi connectivity index (χ1v) is 10.3. The molecule has 0 fully saturated rings. The lowest BCUT2D eigenvalue weighted by molar-refractivity contribution is -0.141. The van der Waals surface area contributed by atoms with Gasteiger partial charge in [-0.25, -0.2) is 0 Å². The van der Waals surface area contributed by atoms with Crippen molar-refractivity contribution in [2.24, 2.45) is 0 Å². The highest BCUT2D eigenvalue weighted by atomic mass is 16.5. The van der Waals surface area contributed by atoms with Crippen molar-refractivity contribution >= 4 is 5.97 Å². The Morgan fingerprint density at radius 2 is 1.87 bits per heavy atom. The molecule has 5 heteroatoms. The van der Waals surface area contributed by atoms with Gasteiger partial charge < -0.3 is 19.3 Å². The number of rotatable bonds is 6. The average molecular weight is 418 g/mol. The molecule has 3 aromatic rings. The topological polar surface area (TPSA) is 65.0 Å².